The normalized spacial score (nSPS) is 10.6. The van der Waals surface area contributed by atoms with Gasteiger partial charge >= 0.3 is 5.97 Å². The van der Waals surface area contributed by atoms with Crippen molar-refractivity contribution in [2.75, 3.05) is 0 Å². The molecule has 0 amide bonds. The molecule has 18 heavy (non-hydrogen) atoms. The Bertz CT molecular complexity index is 658. The lowest BCUT2D eigenvalue weighted by Crippen LogP contribution is -2.18. The molecule has 94 valence electrons. The van der Waals surface area contributed by atoms with E-state index < -0.39 is 5.97 Å². The molecule has 0 radical (unpaired) electrons. The first-order valence-electron chi connectivity index (χ1n) is 5.45. The van der Waals surface area contributed by atoms with Gasteiger partial charge < -0.3 is 5.11 Å². The summed E-state index contributed by atoms with van der Waals surface area (Å²) < 4.78 is 1.28. The highest BCUT2D eigenvalue weighted by atomic mass is 32.1. The van der Waals surface area contributed by atoms with E-state index in [0.717, 1.165) is 17.0 Å². The second kappa shape index (κ2) is 4.73. The van der Waals surface area contributed by atoms with E-state index >= 15 is 0 Å². The standard InChI is InChI=1S/C12H12N2O3S/c1-3-9-7(2)18-12(13-9)14-6-8(11(16)17)4-5-10(14)15/h4-6H,3H2,1-2H3,(H,16,17). The van der Waals surface area contributed by atoms with E-state index in [0.29, 0.717) is 5.13 Å². The van der Waals surface area contributed by atoms with Crippen LogP contribution in [0.1, 0.15) is 27.9 Å². The lowest BCUT2D eigenvalue weighted by Gasteiger charge is -2.01. The number of hydrogen-bond donors (Lipinski definition) is 1. The summed E-state index contributed by atoms with van der Waals surface area (Å²) in [6.07, 6.45) is 2.10. The molecule has 6 heteroatoms. The number of aromatic nitrogens is 2. The van der Waals surface area contributed by atoms with E-state index in [2.05, 4.69) is 4.98 Å². The smallest absolute Gasteiger partial charge is 0.337 e. The van der Waals surface area contributed by atoms with Gasteiger partial charge in [-0.1, -0.05) is 6.92 Å². The van der Waals surface area contributed by atoms with Crippen molar-refractivity contribution in [2.24, 2.45) is 0 Å². The third kappa shape index (κ3) is 2.19. The first-order chi connectivity index (χ1) is 8.52. The number of carboxylic acids is 1. The zero-order chi connectivity index (χ0) is 13.3. The Balaban J connectivity index is 2.58. The van der Waals surface area contributed by atoms with Crippen molar-refractivity contribution in [1.82, 2.24) is 9.55 Å². The van der Waals surface area contributed by atoms with Crippen molar-refractivity contribution in [2.45, 2.75) is 20.3 Å². The molecule has 0 fully saturated rings. The fourth-order valence-electron chi connectivity index (χ4n) is 1.61. The topological polar surface area (TPSA) is 72.2 Å². The molecule has 2 rings (SSSR count). The first-order valence-corrected chi connectivity index (χ1v) is 6.27. The van der Waals surface area contributed by atoms with Crippen LogP contribution < -0.4 is 5.56 Å². The van der Waals surface area contributed by atoms with E-state index in [9.17, 15) is 9.59 Å². The minimum Gasteiger partial charge on any atom is -0.478 e. The Hall–Kier alpha value is -1.95. The highest BCUT2D eigenvalue weighted by Crippen LogP contribution is 2.20. The van der Waals surface area contributed by atoms with Crippen LogP contribution in [-0.2, 0) is 6.42 Å². The first kappa shape index (κ1) is 12.5. The Morgan fingerprint density at radius 1 is 1.50 bits per heavy atom. The maximum absolute atomic E-state index is 11.7. The minimum absolute atomic E-state index is 0.0699. The average molecular weight is 264 g/mol. The molecule has 0 saturated heterocycles. The number of carboxylic acid groups (broad SMARTS) is 1. The van der Waals surface area contributed by atoms with Crippen LogP contribution in [0.3, 0.4) is 0 Å². The van der Waals surface area contributed by atoms with Crippen LogP contribution in [0.25, 0.3) is 5.13 Å². The molecule has 0 unspecified atom stereocenters. The van der Waals surface area contributed by atoms with Gasteiger partial charge in [0.1, 0.15) is 0 Å². The fraction of sp³-hybridized carbons (Fsp3) is 0.250. The molecule has 0 aliphatic rings. The molecule has 0 saturated carbocycles. The van der Waals surface area contributed by atoms with Gasteiger partial charge in [0, 0.05) is 17.1 Å². The lowest BCUT2D eigenvalue weighted by molar-refractivity contribution is 0.0696. The molecule has 0 aromatic carbocycles. The molecule has 0 bridgehead atoms. The second-order valence-electron chi connectivity index (χ2n) is 3.78. The summed E-state index contributed by atoms with van der Waals surface area (Å²) in [4.78, 5) is 28.0. The van der Waals surface area contributed by atoms with Gasteiger partial charge in [-0.2, -0.15) is 0 Å². The third-order valence-electron chi connectivity index (χ3n) is 2.58. The predicted octanol–water partition coefficient (Wildman–Crippen LogP) is 1.86. The van der Waals surface area contributed by atoms with Gasteiger partial charge in [-0.05, 0) is 19.4 Å². The van der Waals surface area contributed by atoms with Crippen LogP contribution in [0.4, 0.5) is 0 Å². The van der Waals surface area contributed by atoms with E-state index in [4.69, 9.17) is 5.11 Å². The van der Waals surface area contributed by atoms with E-state index in [1.165, 1.54) is 34.2 Å². The van der Waals surface area contributed by atoms with E-state index in [1.807, 2.05) is 13.8 Å². The Morgan fingerprint density at radius 3 is 2.78 bits per heavy atom. The van der Waals surface area contributed by atoms with E-state index in [-0.39, 0.29) is 11.1 Å². The molecule has 0 atom stereocenters. The monoisotopic (exact) mass is 264 g/mol. The zero-order valence-electron chi connectivity index (χ0n) is 10.0. The van der Waals surface area contributed by atoms with Crippen LogP contribution in [0.15, 0.2) is 23.1 Å². The highest BCUT2D eigenvalue weighted by molar-refractivity contribution is 7.14. The molecule has 0 aliphatic carbocycles. The number of aryl methyl sites for hydroxylation is 2. The van der Waals surface area contributed by atoms with Crippen LogP contribution in [0, 0.1) is 6.92 Å². The van der Waals surface area contributed by atoms with Crippen molar-refractivity contribution < 1.29 is 9.90 Å². The largest absolute Gasteiger partial charge is 0.478 e. The number of pyridine rings is 1. The molecule has 1 N–H and O–H groups in total. The van der Waals surface area contributed by atoms with Gasteiger partial charge in [0.2, 0.25) is 0 Å². The molecular weight excluding hydrogens is 252 g/mol. The molecule has 2 aromatic rings. The van der Waals surface area contributed by atoms with Gasteiger partial charge in [-0.25, -0.2) is 9.78 Å². The van der Waals surface area contributed by atoms with Crippen molar-refractivity contribution in [3.8, 4) is 5.13 Å². The van der Waals surface area contributed by atoms with Crippen molar-refractivity contribution in [3.63, 3.8) is 0 Å². The maximum Gasteiger partial charge on any atom is 0.337 e. The van der Waals surface area contributed by atoms with Gasteiger partial charge in [0.25, 0.3) is 5.56 Å². The third-order valence-corrected chi connectivity index (χ3v) is 3.59. The van der Waals surface area contributed by atoms with Crippen LogP contribution in [0.2, 0.25) is 0 Å². The van der Waals surface area contributed by atoms with Gasteiger partial charge in [0.05, 0.1) is 11.3 Å². The SMILES string of the molecule is CCc1nc(-n2cc(C(=O)O)ccc2=O)sc1C. The number of carbonyl (C=O) groups is 1. The second-order valence-corrected chi connectivity index (χ2v) is 4.97. The Morgan fingerprint density at radius 2 is 2.22 bits per heavy atom. The van der Waals surface area contributed by atoms with Crippen molar-refractivity contribution >= 4 is 17.3 Å². The van der Waals surface area contributed by atoms with Gasteiger partial charge in [-0.15, -0.1) is 11.3 Å². The summed E-state index contributed by atoms with van der Waals surface area (Å²) in [6.45, 7) is 3.92. The molecular formula is C12H12N2O3S. The average Bonchev–Trinajstić information content (AvgIpc) is 2.70. The zero-order valence-corrected chi connectivity index (χ0v) is 10.8. The summed E-state index contributed by atoms with van der Waals surface area (Å²) in [6, 6.07) is 2.54. The molecule has 5 nitrogen and oxygen atoms in total. The quantitative estimate of drug-likeness (QED) is 0.918. The molecule has 2 aromatic heterocycles. The molecule has 0 spiro atoms. The summed E-state index contributed by atoms with van der Waals surface area (Å²) in [5, 5.41) is 9.43. The van der Waals surface area contributed by atoms with Crippen molar-refractivity contribution in [3.05, 3.63) is 44.8 Å². The minimum atomic E-state index is -1.06. The Labute approximate surface area is 107 Å². The number of rotatable bonds is 3. The summed E-state index contributed by atoms with van der Waals surface area (Å²) in [5.74, 6) is -1.06. The Kier molecular flexibility index (Phi) is 3.29. The van der Waals surface area contributed by atoms with Crippen LogP contribution in [-0.4, -0.2) is 20.6 Å². The number of thiazole rings is 1. The van der Waals surface area contributed by atoms with Crippen LogP contribution in [0.5, 0.6) is 0 Å². The highest BCUT2D eigenvalue weighted by Gasteiger charge is 2.11. The number of hydrogen-bond acceptors (Lipinski definition) is 4. The fourth-order valence-corrected chi connectivity index (χ4v) is 2.59. The number of aromatic carboxylic acids is 1. The summed E-state index contributed by atoms with van der Waals surface area (Å²) in [7, 11) is 0. The predicted molar refractivity (Wildman–Crippen MR) is 68.8 cm³/mol. The van der Waals surface area contributed by atoms with Gasteiger partial charge in [0.15, 0.2) is 5.13 Å². The van der Waals surface area contributed by atoms with Crippen LogP contribution >= 0.6 is 11.3 Å². The summed E-state index contributed by atoms with van der Waals surface area (Å²) >= 11 is 1.39. The molecule has 2 heterocycles. The summed E-state index contributed by atoms with van der Waals surface area (Å²) in [5.41, 5.74) is 0.722. The molecule has 0 aliphatic heterocycles. The number of nitrogens with zero attached hydrogens (tertiary/aromatic N) is 2. The maximum atomic E-state index is 11.7. The van der Waals surface area contributed by atoms with Crippen molar-refractivity contribution in [1.29, 1.82) is 0 Å². The lowest BCUT2D eigenvalue weighted by atomic mass is 10.3. The van der Waals surface area contributed by atoms with E-state index in [1.54, 1.807) is 0 Å². The van der Waals surface area contributed by atoms with Gasteiger partial charge in [-0.3, -0.25) is 9.36 Å².